The summed E-state index contributed by atoms with van der Waals surface area (Å²) in [7, 11) is 1.65. The van der Waals surface area contributed by atoms with Gasteiger partial charge in [0.15, 0.2) is 0 Å². The van der Waals surface area contributed by atoms with Crippen LogP contribution in [0.25, 0.3) is 0 Å². The van der Waals surface area contributed by atoms with Crippen LogP contribution in [-0.4, -0.2) is 18.8 Å². The molecule has 0 aliphatic rings. The maximum Gasteiger partial charge on any atom is 0.234 e. The van der Waals surface area contributed by atoms with E-state index in [9.17, 15) is 4.79 Å². The van der Waals surface area contributed by atoms with Gasteiger partial charge in [-0.25, -0.2) is 0 Å². The fraction of sp³-hybridized carbons (Fsp3) is 0.235. The lowest BCUT2D eigenvalue weighted by Crippen LogP contribution is -2.14. The van der Waals surface area contributed by atoms with E-state index in [1.807, 2.05) is 49.4 Å². The van der Waals surface area contributed by atoms with E-state index < -0.39 is 0 Å². The molecule has 2 rings (SSSR count). The molecule has 0 heterocycles. The van der Waals surface area contributed by atoms with E-state index >= 15 is 0 Å². The van der Waals surface area contributed by atoms with Crippen molar-refractivity contribution >= 4 is 39.3 Å². The molecular formula is C17H18BrNO2S. The molecule has 1 amide bonds. The third-order valence-electron chi connectivity index (χ3n) is 3.10. The lowest BCUT2D eigenvalue weighted by Gasteiger charge is -2.07. The van der Waals surface area contributed by atoms with Gasteiger partial charge in [0, 0.05) is 15.9 Å². The first-order valence-corrected chi connectivity index (χ1v) is 8.80. The van der Waals surface area contributed by atoms with Crippen LogP contribution in [0.1, 0.15) is 11.1 Å². The highest BCUT2D eigenvalue weighted by atomic mass is 79.9. The van der Waals surface area contributed by atoms with Crippen molar-refractivity contribution < 1.29 is 9.53 Å². The Kier molecular flexibility index (Phi) is 6.34. The van der Waals surface area contributed by atoms with Gasteiger partial charge in [0.25, 0.3) is 0 Å². The van der Waals surface area contributed by atoms with Crippen molar-refractivity contribution in [3.63, 3.8) is 0 Å². The number of nitrogens with one attached hydrogen (secondary N) is 1. The number of aryl methyl sites for hydroxylation is 1. The molecule has 2 aromatic rings. The van der Waals surface area contributed by atoms with Crippen molar-refractivity contribution in [2.45, 2.75) is 12.7 Å². The smallest absolute Gasteiger partial charge is 0.234 e. The van der Waals surface area contributed by atoms with Gasteiger partial charge in [-0.05, 0) is 48.4 Å². The molecule has 2 aromatic carbocycles. The highest BCUT2D eigenvalue weighted by Crippen LogP contribution is 2.21. The second kappa shape index (κ2) is 8.25. The number of rotatable bonds is 6. The van der Waals surface area contributed by atoms with Crippen LogP contribution in [-0.2, 0) is 10.5 Å². The lowest BCUT2D eigenvalue weighted by atomic mass is 10.2. The highest BCUT2D eigenvalue weighted by molar-refractivity contribution is 9.10. The van der Waals surface area contributed by atoms with Gasteiger partial charge in [0.2, 0.25) is 5.91 Å². The molecule has 0 aliphatic carbocycles. The van der Waals surface area contributed by atoms with Gasteiger partial charge in [-0.15, -0.1) is 11.8 Å². The van der Waals surface area contributed by atoms with Crippen molar-refractivity contribution in [1.82, 2.24) is 0 Å². The van der Waals surface area contributed by atoms with E-state index in [2.05, 4.69) is 21.2 Å². The molecule has 0 aliphatic heterocycles. The van der Waals surface area contributed by atoms with Crippen LogP contribution in [0.2, 0.25) is 0 Å². The van der Waals surface area contributed by atoms with E-state index in [1.165, 1.54) is 5.56 Å². The van der Waals surface area contributed by atoms with Crippen LogP contribution in [0.5, 0.6) is 5.75 Å². The highest BCUT2D eigenvalue weighted by Gasteiger charge is 2.04. The topological polar surface area (TPSA) is 38.3 Å². The SMILES string of the molecule is COc1ccc(CSCC(=O)Nc2ccc(Br)c(C)c2)cc1. The maximum absolute atomic E-state index is 11.9. The molecule has 5 heteroatoms. The predicted molar refractivity (Wildman–Crippen MR) is 96.7 cm³/mol. The molecule has 0 radical (unpaired) electrons. The minimum atomic E-state index is 0.0141. The summed E-state index contributed by atoms with van der Waals surface area (Å²) in [5.41, 5.74) is 3.11. The summed E-state index contributed by atoms with van der Waals surface area (Å²) in [6.45, 7) is 2.00. The minimum absolute atomic E-state index is 0.0141. The third-order valence-corrected chi connectivity index (χ3v) is 5.00. The van der Waals surface area contributed by atoms with Gasteiger partial charge in [0.1, 0.15) is 5.75 Å². The summed E-state index contributed by atoms with van der Waals surface area (Å²) >= 11 is 5.04. The Balaban J connectivity index is 1.78. The molecule has 0 saturated heterocycles. The molecule has 1 N–H and O–H groups in total. The second-order valence-electron chi connectivity index (χ2n) is 4.85. The van der Waals surface area contributed by atoms with E-state index in [4.69, 9.17) is 4.74 Å². The molecule has 0 aromatic heterocycles. The number of thioether (sulfide) groups is 1. The molecule has 3 nitrogen and oxygen atoms in total. The zero-order chi connectivity index (χ0) is 15.9. The summed E-state index contributed by atoms with van der Waals surface area (Å²) in [4.78, 5) is 11.9. The predicted octanol–water partition coefficient (Wildman–Crippen LogP) is 4.64. The number of carbonyl (C=O) groups excluding carboxylic acids is 1. The number of carbonyl (C=O) groups is 1. The summed E-state index contributed by atoms with van der Waals surface area (Å²) < 4.78 is 6.16. The first kappa shape index (κ1) is 16.9. The minimum Gasteiger partial charge on any atom is -0.497 e. The average Bonchev–Trinajstić information content (AvgIpc) is 2.51. The Bertz CT molecular complexity index is 644. The molecule has 0 saturated carbocycles. The van der Waals surface area contributed by atoms with Gasteiger partial charge in [0.05, 0.1) is 12.9 Å². The number of hydrogen-bond acceptors (Lipinski definition) is 3. The van der Waals surface area contributed by atoms with Crippen molar-refractivity contribution in [3.8, 4) is 5.75 Å². The number of methoxy groups -OCH3 is 1. The lowest BCUT2D eigenvalue weighted by molar-refractivity contribution is -0.113. The number of ether oxygens (including phenoxy) is 1. The second-order valence-corrected chi connectivity index (χ2v) is 6.69. The molecule has 116 valence electrons. The van der Waals surface area contributed by atoms with Crippen LogP contribution in [0.3, 0.4) is 0 Å². The molecule has 22 heavy (non-hydrogen) atoms. The number of hydrogen-bond donors (Lipinski definition) is 1. The van der Waals surface area contributed by atoms with Gasteiger partial charge in [-0.3, -0.25) is 4.79 Å². The number of amides is 1. The van der Waals surface area contributed by atoms with Gasteiger partial charge in [-0.1, -0.05) is 28.1 Å². The molecule has 0 atom stereocenters. The Labute approximate surface area is 143 Å². The standard InChI is InChI=1S/C17H18BrNO2S/c1-12-9-14(5-8-16(12)18)19-17(20)11-22-10-13-3-6-15(21-2)7-4-13/h3-9H,10-11H2,1-2H3,(H,19,20). The summed E-state index contributed by atoms with van der Waals surface area (Å²) in [5.74, 6) is 2.09. The van der Waals surface area contributed by atoms with Gasteiger partial charge in [-0.2, -0.15) is 0 Å². The molecule has 0 unspecified atom stereocenters. The molecule has 0 spiro atoms. The Morgan fingerprint density at radius 1 is 1.23 bits per heavy atom. The maximum atomic E-state index is 11.9. The quantitative estimate of drug-likeness (QED) is 0.794. The van der Waals surface area contributed by atoms with Gasteiger partial charge < -0.3 is 10.1 Å². The Morgan fingerprint density at radius 2 is 1.95 bits per heavy atom. The zero-order valence-electron chi connectivity index (χ0n) is 12.6. The Morgan fingerprint density at radius 3 is 2.59 bits per heavy atom. The van der Waals surface area contributed by atoms with Crippen LogP contribution >= 0.6 is 27.7 Å². The van der Waals surface area contributed by atoms with E-state index in [1.54, 1.807) is 18.9 Å². The third kappa shape index (κ3) is 5.07. The monoisotopic (exact) mass is 379 g/mol. The molecular weight excluding hydrogens is 362 g/mol. The van der Waals surface area contributed by atoms with E-state index in [0.29, 0.717) is 5.75 Å². The average molecular weight is 380 g/mol. The van der Waals surface area contributed by atoms with Crippen molar-refractivity contribution in [2.24, 2.45) is 0 Å². The number of benzene rings is 2. The normalized spacial score (nSPS) is 10.3. The molecule has 0 bridgehead atoms. The number of halogens is 1. The fourth-order valence-corrected chi connectivity index (χ4v) is 2.94. The summed E-state index contributed by atoms with van der Waals surface area (Å²) in [6.07, 6.45) is 0. The van der Waals surface area contributed by atoms with Crippen molar-refractivity contribution in [3.05, 3.63) is 58.1 Å². The molecule has 0 fully saturated rings. The van der Waals surface area contributed by atoms with Crippen LogP contribution in [0.15, 0.2) is 46.9 Å². The first-order valence-electron chi connectivity index (χ1n) is 6.85. The van der Waals surface area contributed by atoms with Crippen molar-refractivity contribution in [1.29, 1.82) is 0 Å². The largest absolute Gasteiger partial charge is 0.497 e. The first-order chi connectivity index (χ1) is 10.6. The summed E-state index contributed by atoms with van der Waals surface area (Å²) in [6, 6.07) is 13.7. The number of anilines is 1. The zero-order valence-corrected chi connectivity index (χ0v) is 15.0. The van der Waals surface area contributed by atoms with Crippen LogP contribution < -0.4 is 10.1 Å². The van der Waals surface area contributed by atoms with Gasteiger partial charge >= 0.3 is 0 Å². The van der Waals surface area contributed by atoms with Crippen LogP contribution in [0.4, 0.5) is 5.69 Å². The fourth-order valence-electron chi connectivity index (χ4n) is 1.90. The summed E-state index contributed by atoms with van der Waals surface area (Å²) in [5, 5.41) is 2.91. The van der Waals surface area contributed by atoms with E-state index in [0.717, 1.165) is 27.2 Å². The van der Waals surface area contributed by atoms with E-state index in [-0.39, 0.29) is 5.91 Å². The van der Waals surface area contributed by atoms with Crippen LogP contribution in [0, 0.1) is 6.92 Å². The van der Waals surface area contributed by atoms with Crippen molar-refractivity contribution in [2.75, 3.05) is 18.2 Å². The Hall–Kier alpha value is -1.46.